The van der Waals surface area contributed by atoms with E-state index in [1.165, 1.54) is 42.5 Å². The maximum atomic E-state index is 12.9. The number of esters is 1. The molecular weight excluding hydrogens is 457 g/mol. The van der Waals surface area contributed by atoms with Crippen LogP contribution in [0.5, 0.6) is 0 Å². The molecule has 0 bridgehead atoms. The largest absolute Gasteiger partial charge is 0.452 e. The van der Waals surface area contributed by atoms with Crippen LogP contribution < -0.4 is 10.0 Å². The molecule has 1 amide bonds. The lowest BCUT2D eigenvalue weighted by molar-refractivity contribution is -0.385. The van der Waals surface area contributed by atoms with Crippen molar-refractivity contribution in [2.75, 3.05) is 16.6 Å². The summed E-state index contributed by atoms with van der Waals surface area (Å²) < 4.78 is 45.4. The van der Waals surface area contributed by atoms with E-state index in [4.69, 9.17) is 4.74 Å². The molecule has 3 rings (SSSR count). The molecule has 0 unspecified atom stereocenters. The van der Waals surface area contributed by atoms with Crippen LogP contribution in [0.3, 0.4) is 0 Å². The number of hydrogen-bond donors (Lipinski definition) is 2. The third-order valence-corrected chi connectivity index (χ3v) is 5.56. The molecule has 12 heteroatoms. The Morgan fingerprint density at radius 3 is 2.39 bits per heavy atom. The zero-order chi connectivity index (χ0) is 24.0. The minimum absolute atomic E-state index is 0.145. The molecule has 0 aliphatic rings. The number of para-hydroxylation sites is 1. The van der Waals surface area contributed by atoms with Crippen molar-refractivity contribution in [1.29, 1.82) is 0 Å². The lowest BCUT2D eigenvalue weighted by atomic mass is 10.2. The van der Waals surface area contributed by atoms with Crippen molar-refractivity contribution in [1.82, 2.24) is 0 Å². The van der Waals surface area contributed by atoms with Gasteiger partial charge in [0.15, 0.2) is 6.61 Å². The first-order chi connectivity index (χ1) is 15.7. The van der Waals surface area contributed by atoms with Gasteiger partial charge in [-0.2, -0.15) is 0 Å². The molecule has 0 atom stereocenters. The molecule has 0 heterocycles. The van der Waals surface area contributed by atoms with Crippen LogP contribution in [0, 0.1) is 15.9 Å². The Kier molecular flexibility index (Phi) is 6.98. The first-order valence-corrected chi connectivity index (χ1v) is 10.7. The zero-order valence-electron chi connectivity index (χ0n) is 16.7. The molecule has 0 saturated carbocycles. The van der Waals surface area contributed by atoms with Crippen LogP contribution in [0.4, 0.5) is 21.5 Å². The number of amides is 1. The second-order valence-corrected chi connectivity index (χ2v) is 8.22. The van der Waals surface area contributed by atoms with E-state index >= 15 is 0 Å². The molecule has 0 radical (unpaired) electrons. The molecule has 10 nitrogen and oxygen atoms in total. The highest BCUT2D eigenvalue weighted by Crippen LogP contribution is 2.23. The standard InChI is InChI=1S/C21H16FN3O7S/c22-14-8-10-15(11-9-14)23-20(26)13-32-21(27)18-6-1-2-7-19(18)24-33(30,31)17-5-3-4-16(12-17)25(28)29/h1-12,24H,13H2,(H,23,26). The van der Waals surface area contributed by atoms with E-state index in [2.05, 4.69) is 10.0 Å². The van der Waals surface area contributed by atoms with Gasteiger partial charge in [-0.15, -0.1) is 0 Å². The van der Waals surface area contributed by atoms with Crippen molar-refractivity contribution in [3.63, 3.8) is 0 Å². The fourth-order valence-corrected chi connectivity index (χ4v) is 3.78. The monoisotopic (exact) mass is 473 g/mol. The smallest absolute Gasteiger partial charge is 0.340 e. The Balaban J connectivity index is 1.71. The van der Waals surface area contributed by atoms with Gasteiger partial charge in [0.05, 0.1) is 21.1 Å². The summed E-state index contributed by atoms with van der Waals surface area (Å²) in [5.74, 6) is -2.16. The van der Waals surface area contributed by atoms with Gasteiger partial charge in [0.2, 0.25) is 0 Å². The molecule has 0 aromatic heterocycles. The summed E-state index contributed by atoms with van der Waals surface area (Å²) in [6.07, 6.45) is 0. The lowest BCUT2D eigenvalue weighted by Gasteiger charge is -2.12. The number of nitro benzene ring substituents is 1. The van der Waals surface area contributed by atoms with E-state index < -0.39 is 44.9 Å². The Bertz CT molecular complexity index is 1310. The third kappa shape index (κ3) is 6.11. The van der Waals surface area contributed by atoms with Crippen LogP contribution in [0.2, 0.25) is 0 Å². The number of nitrogens with one attached hydrogen (secondary N) is 2. The van der Waals surface area contributed by atoms with Crippen molar-refractivity contribution in [3.8, 4) is 0 Å². The highest BCUT2D eigenvalue weighted by atomic mass is 32.2. The fraction of sp³-hybridized carbons (Fsp3) is 0.0476. The SMILES string of the molecule is O=C(COC(=O)c1ccccc1NS(=O)(=O)c1cccc([N+](=O)[O-])c1)Nc1ccc(F)cc1. The predicted molar refractivity (Wildman–Crippen MR) is 116 cm³/mol. The molecular formula is C21H16FN3O7S. The maximum absolute atomic E-state index is 12.9. The minimum Gasteiger partial charge on any atom is -0.452 e. The van der Waals surface area contributed by atoms with Crippen LogP contribution in [-0.2, 0) is 19.6 Å². The molecule has 2 N–H and O–H groups in total. The number of hydrogen-bond acceptors (Lipinski definition) is 7. The van der Waals surface area contributed by atoms with Gasteiger partial charge in [-0.05, 0) is 42.5 Å². The molecule has 170 valence electrons. The normalized spacial score (nSPS) is 10.8. The van der Waals surface area contributed by atoms with E-state index in [0.717, 1.165) is 30.3 Å². The molecule has 0 aliphatic carbocycles. The molecule has 0 fully saturated rings. The molecule has 3 aromatic carbocycles. The lowest BCUT2D eigenvalue weighted by Crippen LogP contribution is -2.22. The third-order valence-electron chi connectivity index (χ3n) is 4.19. The number of rotatable bonds is 8. The van der Waals surface area contributed by atoms with Crippen LogP contribution in [0.15, 0.2) is 77.7 Å². The zero-order valence-corrected chi connectivity index (χ0v) is 17.5. The Morgan fingerprint density at radius 2 is 1.70 bits per heavy atom. The minimum atomic E-state index is -4.27. The average Bonchev–Trinajstić information content (AvgIpc) is 2.79. The van der Waals surface area contributed by atoms with Crippen LogP contribution in [0.25, 0.3) is 0 Å². The molecule has 33 heavy (non-hydrogen) atoms. The summed E-state index contributed by atoms with van der Waals surface area (Å²) in [6, 6.07) is 14.8. The van der Waals surface area contributed by atoms with Crippen molar-refractivity contribution >= 4 is 39.0 Å². The van der Waals surface area contributed by atoms with Gasteiger partial charge in [0, 0.05) is 17.8 Å². The van der Waals surface area contributed by atoms with E-state index in [0.29, 0.717) is 5.69 Å². The Hall–Kier alpha value is -4.32. The highest BCUT2D eigenvalue weighted by Gasteiger charge is 2.21. The number of benzene rings is 3. The summed E-state index contributed by atoms with van der Waals surface area (Å²) in [5, 5.41) is 13.3. The number of halogens is 1. The number of sulfonamides is 1. The van der Waals surface area contributed by atoms with Gasteiger partial charge in [-0.3, -0.25) is 19.6 Å². The van der Waals surface area contributed by atoms with E-state index in [1.807, 2.05) is 0 Å². The number of non-ortho nitro benzene ring substituents is 1. The highest BCUT2D eigenvalue weighted by molar-refractivity contribution is 7.92. The van der Waals surface area contributed by atoms with E-state index in [9.17, 15) is 32.5 Å². The molecule has 0 spiro atoms. The van der Waals surface area contributed by atoms with Crippen molar-refractivity contribution in [3.05, 3.63) is 94.3 Å². The van der Waals surface area contributed by atoms with E-state index in [-0.39, 0.29) is 16.1 Å². The van der Waals surface area contributed by atoms with Crippen molar-refractivity contribution in [2.24, 2.45) is 0 Å². The maximum Gasteiger partial charge on any atom is 0.340 e. The number of nitro groups is 1. The molecule has 0 aliphatic heterocycles. The van der Waals surface area contributed by atoms with Gasteiger partial charge in [-0.1, -0.05) is 18.2 Å². The van der Waals surface area contributed by atoms with Crippen LogP contribution in [-0.4, -0.2) is 31.8 Å². The second kappa shape index (κ2) is 9.87. The molecule has 3 aromatic rings. The summed E-state index contributed by atoms with van der Waals surface area (Å²) in [5.41, 5.74) is -0.450. The predicted octanol–water partition coefficient (Wildman–Crippen LogP) is 3.33. The van der Waals surface area contributed by atoms with Gasteiger partial charge in [-0.25, -0.2) is 17.6 Å². The first-order valence-electron chi connectivity index (χ1n) is 9.24. The topological polar surface area (TPSA) is 145 Å². The quantitative estimate of drug-likeness (QED) is 0.290. The number of carbonyl (C=O) groups is 2. The number of nitrogens with zero attached hydrogens (tertiary/aromatic N) is 1. The van der Waals surface area contributed by atoms with Gasteiger partial charge in [0.25, 0.3) is 21.6 Å². The fourth-order valence-electron chi connectivity index (χ4n) is 2.66. The van der Waals surface area contributed by atoms with Crippen molar-refractivity contribution in [2.45, 2.75) is 4.90 Å². The van der Waals surface area contributed by atoms with E-state index in [1.54, 1.807) is 0 Å². The van der Waals surface area contributed by atoms with Gasteiger partial charge in [0.1, 0.15) is 5.82 Å². The summed E-state index contributed by atoms with van der Waals surface area (Å²) in [6.45, 7) is -0.678. The average molecular weight is 473 g/mol. The van der Waals surface area contributed by atoms with Crippen LogP contribution >= 0.6 is 0 Å². The summed E-state index contributed by atoms with van der Waals surface area (Å²) >= 11 is 0. The number of ether oxygens (including phenoxy) is 1. The summed E-state index contributed by atoms with van der Waals surface area (Å²) in [4.78, 5) is 34.2. The van der Waals surface area contributed by atoms with Crippen LogP contribution in [0.1, 0.15) is 10.4 Å². The number of anilines is 2. The van der Waals surface area contributed by atoms with Gasteiger partial charge < -0.3 is 10.1 Å². The van der Waals surface area contributed by atoms with Gasteiger partial charge >= 0.3 is 5.97 Å². The molecule has 0 saturated heterocycles. The number of carbonyl (C=O) groups excluding carboxylic acids is 2. The van der Waals surface area contributed by atoms with Crippen molar-refractivity contribution < 1.29 is 32.1 Å². The Morgan fingerprint density at radius 1 is 1.00 bits per heavy atom. The first kappa shape index (κ1) is 23.3. The Labute approximate surface area is 187 Å². The summed E-state index contributed by atoms with van der Waals surface area (Å²) in [7, 11) is -4.27. The second-order valence-electron chi connectivity index (χ2n) is 6.54.